The quantitative estimate of drug-likeness (QED) is 0.820. The van der Waals surface area contributed by atoms with Crippen LogP contribution in [0, 0.1) is 5.92 Å². The van der Waals surface area contributed by atoms with E-state index in [0.29, 0.717) is 11.7 Å². The van der Waals surface area contributed by atoms with Crippen LogP contribution in [0.25, 0.3) is 0 Å². The summed E-state index contributed by atoms with van der Waals surface area (Å²) in [6, 6.07) is 5.43. The number of carbonyl (C=O) groups excluding carboxylic acids is 1. The summed E-state index contributed by atoms with van der Waals surface area (Å²) >= 11 is 0. The largest absolute Gasteiger partial charge is 0.317 e. The molecule has 92 valence electrons. The third-order valence-electron chi connectivity index (χ3n) is 3.39. The van der Waals surface area contributed by atoms with Crippen LogP contribution in [0.4, 0.5) is 5.82 Å². The van der Waals surface area contributed by atoms with Gasteiger partial charge in [-0.2, -0.15) is 0 Å². The molecule has 4 nitrogen and oxygen atoms in total. The molecule has 1 aliphatic rings. The molecule has 0 radical (unpaired) electrons. The number of amides is 1. The fourth-order valence-corrected chi connectivity index (χ4v) is 2.48. The zero-order chi connectivity index (χ0) is 12.3. The standard InChI is InChI=1S/C13H19N3O/c1-10-5-4-7-13(14,9-10)12(17)16-11-6-2-3-8-15-11/h2-3,6,8,10H,4-5,7,9,14H2,1H3,(H,15,16,17). The number of nitrogens with two attached hydrogens (primary N) is 1. The number of nitrogens with one attached hydrogen (secondary N) is 1. The minimum Gasteiger partial charge on any atom is -0.317 e. The van der Waals surface area contributed by atoms with E-state index in [0.717, 1.165) is 25.7 Å². The molecule has 1 aromatic heterocycles. The molecule has 2 atom stereocenters. The van der Waals surface area contributed by atoms with Crippen molar-refractivity contribution < 1.29 is 4.79 Å². The Morgan fingerprint density at radius 2 is 2.41 bits per heavy atom. The zero-order valence-electron chi connectivity index (χ0n) is 10.1. The normalized spacial score (nSPS) is 28.7. The van der Waals surface area contributed by atoms with E-state index < -0.39 is 5.54 Å². The highest BCUT2D eigenvalue weighted by Gasteiger charge is 2.37. The molecule has 1 aromatic rings. The van der Waals surface area contributed by atoms with Gasteiger partial charge in [0.2, 0.25) is 5.91 Å². The highest BCUT2D eigenvalue weighted by atomic mass is 16.2. The maximum atomic E-state index is 12.2. The van der Waals surface area contributed by atoms with Gasteiger partial charge in [0.15, 0.2) is 0 Å². The summed E-state index contributed by atoms with van der Waals surface area (Å²) in [7, 11) is 0. The van der Waals surface area contributed by atoms with Crippen LogP contribution in [0.5, 0.6) is 0 Å². The van der Waals surface area contributed by atoms with Gasteiger partial charge in [-0.25, -0.2) is 4.98 Å². The summed E-state index contributed by atoms with van der Waals surface area (Å²) in [4.78, 5) is 16.2. The molecule has 1 saturated carbocycles. The van der Waals surface area contributed by atoms with E-state index in [1.807, 2.05) is 12.1 Å². The van der Waals surface area contributed by atoms with Crippen LogP contribution in [-0.4, -0.2) is 16.4 Å². The van der Waals surface area contributed by atoms with Crippen LogP contribution < -0.4 is 11.1 Å². The van der Waals surface area contributed by atoms with Crippen molar-refractivity contribution in [2.75, 3.05) is 5.32 Å². The van der Waals surface area contributed by atoms with Crippen LogP contribution in [0.1, 0.15) is 32.6 Å². The van der Waals surface area contributed by atoms with Crippen LogP contribution in [-0.2, 0) is 4.79 Å². The number of carbonyl (C=O) groups is 1. The van der Waals surface area contributed by atoms with Gasteiger partial charge in [0.05, 0.1) is 5.54 Å². The second-order valence-corrected chi connectivity index (χ2v) is 5.03. The Balaban J connectivity index is 2.04. The molecule has 17 heavy (non-hydrogen) atoms. The number of pyridine rings is 1. The fraction of sp³-hybridized carbons (Fsp3) is 0.538. The van der Waals surface area contributed by atoms with Gasteiger partial charge in [-0.3, -0.25) is 4.79 Å². The van der Waals surface area contributed by atoms with Crippen molar-refractivity contribution in [3.8, 4) is 0 Å². The smallest absolute Gasteiger partial charge is 0.245 e. The summed E-state index contributed by atoms with van der Waals surface area (Å²) in [6.45, 7) is 2.15. The average Bonchev–Trinajstić information content (AvgIpc) is 2.30. The van der Waals surface area contributed by atoms with Gasteiger partial charge in [-0.1, -0.05) is 25.8 Å². The maximum Gasteiger partial charge on any atom is 0.245 e. The number of hydrogen-bond donors (Lipinski definition) is 2. The van der Waals surface area contributed by atoms with Gasteiger partial charge in [0.25, 0.3) is 0 Å². The SMILES string of the molecule is CC1CCCC(N)(C(=O)Nc2ccccn2)C1. The lowest BCUT2D eigenvalue weighted by Crippen LogP contribution is -2.53. The first-order valence-electron chi connectivity index (χ1n) is 6.11. The Labute approximate surface area is 102 Å². The van der Waals surface area contributed by atoms with Gasteiger partial charge < -0.3 is 11.1 Å². The first-order chi connectivity index (χ1) is 8.10. The van der Waals surface area contributed by atoms with Crippen molar-refractivity contribution >= 4 is 11.7 Å². The zero-order valence-corrected chi connectivity index (χ0v) is 10.1. The van der Waals surface area contributed by atoms with Crippen LogP contribution in [0.3, 0.4) is 0 Å². The second kappa shape index (κ2) is 4.84. The van der Waals surface area contributed by atoms with Gasteiger partial charge in [0, 0.05) is 6.20 Å². The van der Waals surface area contributed by atoms with E-state index in [1.165, 1.54) is 0 Å². The Morgan fingerprint density at radius 3 is 3.06 bits per heavy atom. The van der Waals surface area contributed by atoms with Crippen molar-refractivity contribution in [2.24, 2.45) is 11.7 Å². The molecule has 1 aliphatic carbocycles. The van der Waals surface area contributed by atoms with E-state index in [1.54, 1.807) is 12.3 Å². The highest BCUT2D eigenvalue weighted by Crippen LogP contribution is 2.31. The van der Waals surface area contributed by atoms with Gasteiger partial charge >= 0.3 is 0 Å². The van der Waals surface area contributed by atoms with Crippen molar-refractivity contribution in [2.45, 2.75) is 38.1 Å². The number of rotatable bonds is 2. The molecule has 1 heterocycles. The molecule has 1 amide bonds. The summed E-state index contributed by atoms with van der Waals surface area (Å²) in [5.74, 6) is 0.978. The molecular formula is C13H19N3O. The lowest BCUT2D eigenvalue weighted by molar-refractivity contribution is -0.122. The summed E-state index contributed by atoms with van der Waals surface area (Å²) in [5.41, 5.74) is 5.47. The minimum atomic E-state index is -0.727. The van der Waals surface area contributed by atoms with E-state index >= 15 is 0 Å². The number of nitrogens with zero attached hydrogens (tertiary/aromatic N) is 1. The number of aromatic nitrogens is 1. The lowest BCUT2D eigenvalue weighted by atomic mass is 9.76. The Morgan fingerprint density at radius 1 is 1.59 bits per heavy atom. The maximum absolute atomic E-state index is 12.2. The highest BCUT2D eigenvalue weighted by molar-refractivity contribution is 5.97. The van der Waals surface area contributed by atoms with Crippen molar-refractivity contribution in [1.29, 1.82) is 0 Å². The monoisotopic (exact) mass is 233 g/mol. The first-order valence-corrected chi connectivity index (χ1v) is 6.11. The predicted octanol–water partition coefficient (Wildman–Crippen LogP) is 1.93. The first kappa shape index (κ1) is 12.0. The molecule has 0 aromatic carbocycles. The molecule has 2 unspecified atom stereocenters. The number of hydrogen-bond acceptors (Lipinski definition) is 3. The topological polar surface area (TPSA) is 68.0 Å². The number of anilines is 1. The third-order valence-corrected chi connectivity index (χ3v) is 3.39. The minimum absolute atomic E-state index is 0.109. The van der Waals surface area contributed by atoms with Gasteiger partial charge in [0.1, 0.15) is 5.82 Å². The van der Waals surface area contributed by atoms with Gasteiger partial charge in [-0.15, -0.1) is 0 Å². The molecular weight excluding hydrogens is 214 g/mol. The molecule has 0 bridgehead atoms. The van der Waals surface area contributed by atoms with Crippen LogP contribution >= 0.6 is 0 Å². The summed E-state index contributed by atoms with van der Waals surface area (Å²) in [6.07, 6.45) is 5.35. The molecule has 1 fully saturated rings. The van der Waals surface area contributed by atoms with Gasteiger partial charge in [-0.05, 0) is 30.9 Å². The Kier molecular flexibility index (Phi) is 3.43. The molecule has 0 saturated heterocycles. The van der Waals surface area contributed by atoms with Crippen molar-refractivity contribution in [1.82, 2.24) is 4.98 Å². The summed E-state index contributed by atoms with van der Waals surface area (Å²) in [5, 5.41) is 2.80. The molecule has 3 N–H and O–H groups in total. The molecule has 2 rings (SSSR count). The molecule has 0 aliphatic heterocycles. The van der Waals surface area contributed by atoms with Crippen LogP contribution in [0.15, 0.2) is 24.4 Å². The van der Waals surface area contributed by atoms with Crippen molar-refractivity contribution in [3.63, 3.8) is 0 Å². The van der Waals surface area contributed by atoms with E-state index in [9.17, 15) is 4.79 Å². The Hall–Kier alpha value is -1.42. The molecule has 4 heteroatoms. The van der Waals surface area contributed by atoms with E-state index in [-0.39, 0.29) is 5.91 Å². The fourth-order valence-electron chi connectivity index (χ4n) is 2.48. The Bertz CT molecular complexity index is 393. The summed E-state index contributed by atoms with van der Waals surface area (Å²) < 4.78 is 0. The second-order valence-electron chi connectivity index (χ2n) is 5.03. The van der Waals surface area contributed by atoms with Crippen molar-refractivity contribution in [3.05, 3.63) is 24.4 Å². The predicted molar refractivity (Wildman–Crippen MR) is 67.4 cm³/mol. The van der Waals surface area contributed by atoms with E-state index in [4.69, 9.17) is 5.73 Å². The van der Waals surface area contributed by atoms with E-state index in [2.05, 4.69) is 17.2 Å². The van der Waals surface area contributed by atoms with Crippen LogP contribution in [0.2, 0.25) is 0 Å². The average molecular weight is 233 g/mol. The third kappa shape index (κ3) is 2.82. The lowest BCUT2D eigenvalue weighted by Gasteiger charge is -2.35. The molecule has 0 spiro atoms.